The molecule has 1 unspecified atom stereocenters. The van der Waals surface area contributed by atoms with Gasteiger partial charge in [-0.3, -0.25) is 9.69 Å². The number of likely N-dealkylation sites (tertiary alicyclic amines) is 1. The zero-order valence-electron chi connectivity index (χ0n) is 15.0. The number of H-pyrrole nitrogens is 1. The van der Waals surface area contributed by atoms with Gasteiger partial charge in [0.05, 0.1) is 0 Å². The van der Waals surface area contributed by atoms with Crippen molar-refractivity contribution in [2.75, 3.05) is 26.2 Å². The molecule has 2 aromatic rings. The number of nitrogens with zero attached hydrogens (tertiary/aromatic N) is 2. The van der Waals surface area contributed by atoms with Gasteiger partial charge in [0, 0.05) is 30.1 Å². The van der Waals surface area contributed by atoms with Crippen LogP contribution in [0.3, 0.4) is 0 Å². The SMILES string of the molecule is O=C1NC(Cc2c[nH]c3ccccc23)C(=O)N1CCCN1CCCCC1. The van der Waals surface area contributed by atoms with Crippen LogP contribution in [0.1, 0.15) is 31.2 Å². The van der Waals surface area contributed by atoms with Crippen LogP contribution in [0.2, 0.25) is 0 Å². The minimum Gasteiger partial charge on any atom is -0.361 e. The molecule has 1 aromatic carbocycles. The summed E-state index contributed by atoms with van der Waals surface area (Å²) in [6.45, 7) is 3.75. The van der Waals surface area contributed by atoms with Crippen LogP contribution in [0, 0.1) is 0 Å². The van der Waals surface area contributed by atoms with Crippen molar-refractivity contribution in [3.05, 3.63) is 36.0 Å². The number of aromatic nitrogens is 1. The Balaban J connectivity index is 1.34. The van der Waals surface area contributed by atoms with Gasteiger partial charge in [0.25, 0.3) is 5.91 Å². The number of rotatable bonds is 6. The number of amides is 3. The number of imide groups is 1. The summed E-state index contributed by atoms with van der Waals surface area (Å²) in [7, 11) is 0. The lowest BCUT2D eigenvalue weighted by atomic mass is 10.1. The van der Waals surface area contributed by atoms with Crippen molar-refractivity contribution >= 4 is 22.8 Å². The van der Waals surface area contributed by atoms with Gasteiger partial charge in [0.15, 0.2) is 0 Å². The Morgan fingerprint density at radius 1 is 1.04 bits per heavy atom. The second-order valence-corrected chi connectivity index (χ2v) is 7.31. The fourth-order valence-electron chi connectivity index (χ4n) is 4.08. The molecule has 0 spiro atoms. The van der Waals surface area contributed by atoms with Crippen molar-refractivity contribution in [2.45, 2.75) is 38.1 Å². The first-order valence-electron chi connectivity index (χ1n) is 9.61. The Kier molecular flexibility index (Phi) is 4.93. The maximum Gasteiger partial charge on any atom is 0.324 e. The molecule has 0 radical (unpaired) electrons. The van der Waals surface area contributed by atoms with E-state index in [-0.39, 0.29) is 11.9 Å². The molecule has 1 atom stereocenters. The number of nitrogens with one attached hydrogen (secondary N) is 2. The first-order valence-corrected chi connectivity index (χ1v) is 9.61. The summed E-state index contributed by atoms with van der Waals surface area (Å²) < 4.78 is 0. The van der Waals surface area contributed by atoms with E-state index in [1.807, 2.05) is 30.5 Å². The molecule has 26 heavy (non-hydrogen) atoms. The quantitative estimate of drug-likeness (QED) is 0.783. The van der Waals surface area contributed by atoms with Gasteiger partial charge in [-0.15, -0.1) is 0 Å². The molecule has 3 heterocycles. The van der Waals surface area contributed by atoms with E-state index in [9.17, 15) is 9.59 Å². The molecule has 4 rings (SSSR count). The zero-order chi connectivity index (χ0) is 17.9. The third kappa shape index (κ3) is 3.46. The molecule has 0 bridgehead atoms. The fraction of sp³-hybridized carbons (Fsp3) is 0.500. The van der Waals surface area contributed by atoms with Crippen LogP contribution in [-0.2, 0) is 11.2 Å². The lowest BCUT2D eigenvalue weighted by molar-refractivity contribution is -0.127. The Bertz CT molecular complexity index is 794. The van der Waals surface area contributed by atoms with Gasteiger partial charge in [0.2, 0.25) is 0 Å². The lowest BCUT2D eigenvalue weighted by Crippen LogP contribution is -2.36. The predicted octanol–water partition coefficient (Wildman–Crippen LogP) is 2.51. The van der Waals surface area contributed by atoms with Crippen molar-refractivity contribution < 1.29 is 9.59 Å². The summed E-state index contributed by atoms with van der Waals surface area (Å²) in [6, 6.07) is 7.31. The molecule has 0 aliphatic carbocycles. The molecule has 138 valence electrons. The highest BCUT2D eigenvalue weighted by molar-refractivity contribution is 6.04. The number of aromatic amines is 1. The predicted molar refractivity (Wildman–Crippen MR) is 101 cm³/mol. The van der Waals surface area contributed by atoms with Gasteiger partial charge < -0.3 is 15.2 Å². The van der Waals surface area contributed by atoms with Crippen LogP contribution in [0.15, 0.2) is 30.5 Å². The topological polar surface area (TPSA) is 68.4 Å². The van der Waals surface area contributed by atoms with Crippen LogP contribution >= 0.6 is 0 Å². The van der Waals surface area contributed by atoms with Gasteiger partial charge in [0.1, 0.15) is 6.04 Å². The highest BCUT2D eigenvalue weighted by atomic mass is 16.2. The van der Waals surface area contributed by atoms with E-state index in [1.165, 1.54) is 24.2 Å². The van der Waals surface area contributed by atoms with Crippen LogP contribution in [0.5, 0.6) is 0 Å². The summed E-state index contributed by atoms with van der Waals surface area (Å²) in [5, 5.41) is 3.96. The van der Waals surface area contributed by atoms with Crippen LogP contribution in [-0.4, -0.2) is 58.9 Å². The van der Waals surface area contributed by atoms with E-state index in [0.717, 1.165) is 42.5 Å². The standard InChI is InChI=1S/C20H26N4O2/c25-19-18(13-15-14-21-17-8-3-2-7-16(15)17)22-20(26)24(19)12-6-11-23-9-4-1-5-10-23/h2-3,7-8,14,18,21H,1,4-6,9-13H2,(H,22,26). The van der Waals surface area contributed by atoms with E-state index in [2.05, 4.69) is 15.2 Å². The Hall–Kier alpha value is -2.34. The molecular weight excluding hydrogens is 328 g/mol. The number of benzene rings is 1. The summed E-state index contributed by atoms with van der Waals surface area (Å²) in [5.74, 6) is -0.0982. The second kappa shape index (κ2) is 7.50. The number of para-hydroxylation sites is 1. The molecule has 0 saturated carbocycles. The molecule has 2 saturated heterocycles. The van der Waals surface area contributed by atoms with Gasteiger partial charge in [-0.25, -0.2) is 4.79 Å². The van der Waals surface area contributed by atoms with Crippen LogP contribution in [0.4, 0.5) is 4.79 Å². The molecule has 3 amide bonds. The molecule has 1 aromatic heterocycles. The largest absolute Gasteiger partial charge is 0.361 e. The number of hydrogen-bond donors (Lipinski definition) is 2. The maximum atomic E-state index is 12.7. The molecular formula is C20H26N4O2. The molecule has 6 heteroatoms. The van der Waals surface area contributed by atoms with Crippen molar-refractivity contribution in [3.63, 3.8) is 0 Å². The van der Waals surface area contributed by atoms with Crippen molar-refractivity contribution in [1.82, 2.24) is 20.1 Å². The maximum absolute atomic E-state index is 12.7. The first-order chi connectivity index (χ1) is 12.7. The Morgan fingerprint density at radius 2 is 1.85 bits per heavy atom. The number of piperidine rings is 1. The Morgan fingerprint density at radius 3 is 2.69 bits per heavy atom. The minimum absolute atomic E-state index is 0.0982. The molecule has 2 N–H and O–H groups in total. The Labute approximate surface area is 153 Å². The van der Waals surface area contributed by atoms with E-state index in [1.54, 1.807) is 0 Å². The second-order valence-electron chi connectivity index (χ2n) is 7.31. The van der Waals surface area contributed by atoms with Gasteiger partial charge in [-0.1, -0.05) is 24.6 Å². The molecule has 2 aliphatic heterocycles. The third-order valence-electron chi connectivity index (χ3n) is 5.51. The van der Waals surface area contributed by atoms with E-state index >= 15 is 0 Å². The van der Waals surface area contributed by atoms with Gasteiger partial charge in [-0.05, 0) is 50.5 Å². The summed E-state index contributed by atoms with van der Waals surface area (Å²) in [6.07, 6.45) is 7.14. The number of fused-ring (bicyclic) bond motifs is 1. The van der Waals surface area contributed by atoms with E-state index in [4.69, 9.17) is 0 Å². The summed E-state index contributed by atoms with van der Waals surface area (Å²) in [4.78, 5) is 32.0. The van der Waals surface area contributed by atoms with Crippen LogP contribution < -0.4 is 5.32 Å². The number of carbonyl (C=O) groups is 2. The van der Waals surface area contributed by atoms with Crippen LogP contribution in [0.25, 0.3) is 10.9 Å². The van der Waals surface area contributed by atoms with Crippen molar-refractivity contribution in [3.8, 4) is 0 Å². The van der Waals surface area contributed by atoms with E-state index < -0.39 is 6.04 Å². The number of hydrogen-bond acceptors (Lipinski definition) is 3. The average molecular weight is 354 g/mol. The number of urea groups is 1. The monoisotopic (exact) mass is 354 g/mol. The smallest absolute Gasteiger partial charge is 0.324 e. The molecule has 2 aliphatic rings. The molecule has 6 nitrogen and oxygen atoms in total. The number of carbonyl (C=O) groups excluding carboxylic acids is 2. The van der Waals surface area contributed by atoms with Gasteiger partial charge in [-0.2, -0.15) is 0 Å². The normalized spacial score (nSPS) is 21.5. The summed E-state index contributed by atoms with van der Waals surface area (Å²) in [5.41, 5.74) is 2.12. The fourth-order valence-corrected chi connectivity index (χ4v) is 4.08. The van der Waals surface area contributed by atoms with Crippen molar-refractivity contribution in [1.29, 1.82) is 0 Å². The zero-order valence-corrected chi connectivity index (χ0v) is 15.0. The van der Waals surface area contributed by atoms with Gasteiger partial charge >= 0.3 is 6.03 Å². The lowest BCUT2D eigenvalue weighted by Gasteiger charge is -2.26. The molecule has 2 fully saturated rings. The van der Waals surface area contributed by atoms with Crippen molar-refractivity contribution in [2.24, 2.45) is 0 Å². The summed E-state index contributed by atoms with van der Waals surface area (Å²) >= 11 is 0. The third-order valence-corrected chi connectivity index (χ3v) is 5.51. The minimum atomic E-state index is -0.461. The average Bonchev–Trinajstić information content (AvgIpc) is 3.19. The van der Waals surface area contributed by atoms with E-state index in [0.29, 0.717) is 13.0 Å². The highest BCUT2D eigenvalue weighted by Crippen LogP contribution is 2.21. The first kappa shape index (κ1) is 17.1. The highest BCUT2D eigenvalue weighted by Gasteiger charge is 2.37.